The molecule has 6 heterocycles. The van der Waals surface area contributed by atoms with E-state index in [9.17, 15) is 14.4 Å². The number of ether oxygens (including phenoxy) is 7. The number of nitrogens with one attached hydrogen (secondary N) is 3. The van der Waals surface area contributed by atoms with Crippen LogP contribution in [0, 0.1) is 0 Å². The van der Waals surface area contributed by atoms with Crippen LogP contribution in [0.3, 0.4) is 0 Å². The molecule has 466 valence electrons. The Bertz CT molecular complexity index is 3490. The van der Waals surface area contributed by atoms with Crippen LogP contribution in [0.15, 0.2) is 144 Å². The molecule has 0 unspecified atom stereocenters. The lowest BCUT2D eigenvalue weighted by atomic mass is 9.45. The minimum absolute atomic E-state index is 0.105. The van der Waals surface area contributed by atoms with E-state index in [4.69, 9.17) is 33.2 Å². The van der Waals surface area contributed by atoms with Gasteiger partial charge in [-0.1, -0.05) is 66.7 Å². The van der Waals surface area contributed by atoms with Crippen molar-refractivity contribution in [1.82, 2.24) is 20.1 Å². The van der Waals surface area contributed by atoms with Crippen LogP contribution in [-0.4, -0.2) is 117 Å². The zero-order valence-electron chi connectivity index (χ0n) is 53.6. The first kappa shape index (κ1) is 64.1. The number of nitrogens with zero attached hydrogens (tertiary/aromatic N) is 3. The molecule has 11 rings (SSSR count). The van der Waals surface area contributed by atoms with Crippen LogP contribution < -0.4 is 34.9 Å². The van der Waals surface area contributed by atoms with Crippen LogP contribution >= 0.6 is 0 Å². The number of dihydropyridines is 1. The lowest BCUT2D eigenvalue weighted by Gasteiger charge is -2.71. The van der Waals surface area contributed by atoms with Gasteiger partial charge in [0.2, 0.25) is 0 Å². The van der Waals surface area contributed by atoms with E-state index in [0.717, 1.165) is 58.1 Å². The van der Waals surface area contributed by atoms with Gasteiger partial charge in [-0.3, -0.25) is 14.8 Å². The van der Waals surface area contributed by atoms with Gasteiger partial charge in [-0.05, 0) is 185 Å². The van der Waals surface area contributed by atoms with Crippen molar-refractivity contribution in [3.05, 3.63) is 178 Å². The second-order valence-corrected chi connectivity index (χ2v) is 23.6. The summed E-state index contributed by atoms with van der Waals surface area (Å²) in [6.45, 7) is 25.3. The molecule has 0 spiro atoms. The number of carbonyl (C=O) groups is 3. The number of allylic oxidation sites excluding steroid dienone is 2. The standard InChI is InChI=1S/C26H33NO6.C24H29NO4.C22H26N4/c1-8-31-24(29)21-16(3)27-17(4)22(25(30)32-9-2)23(21)19-13-11-10-12-18(19)14-15-20(28)33-26(5,6)7;1-5-26-21-10-9-17(14-22(21)27-6-2)13-20-19-16-24(29-8-4)23(28-7-3)15-18(19)11-12-25-20;1-25-13-11-22-16-8-4-5-9-17(16)23-19(25)21(22)12-14-26(2)20(22)24-18-10-6-3-7-15(18)21/h10-15,23,27H,8-9H2,1-7H3;9-12,14-16H,5-8,13H2,1-4H3;3-10,19-20,23-24H,11-14H2,1-2H3/b15-14+;;/t;;19-,20-,21-,22-/m..1/s1. The van der Waals surface area contributed by atoms with Gasteiger partial charge >= 0.3 is 17.9 Å². The number of hydrogen-bond acceptors (Lipinski definition) is 16. The van der Waals surface area contributed by atoms with Crippen LogP contribution in [0.1, 0.15) is 128 Å². The van der Waals surface area contributed by atoms with Crippen LogP contribution in [0.4, 0.5) is 11.4 Å². The maximum atomic E-state index is 13.0. The molecule has 2 fully saturated rings. The van der Waals surface area contributed by atoms with E-state index < -0.39 is 29.4 Å². The van der Waals surface area contributed by atoms with Crippen molar-refractivity contribution >= 4 is 46.1 Å². The van der Waals surface area contributed by atoms with Gasteiger partial charge in [-0.25, -0.2) is 14.4 Å². The third-order valence-electron chi connectivity index (χ3n) is 17.1. The minimum Gasteiger partial charge on any atom is -0.490 e. The molecule has 6 aromatic rings. The van der Waals surface area contributed by atoms with Gasteiger partial charge in [0.15, 0.2) is 23.0 Å². The highest BCUT2D eigenvalue weighted by molar-refractivity contribution is 6.00. The van der Waals surface area contributed by atoms with E-state index in [-0.39, 0.29) is 24.0 Å². The normalized spacial score (nSPS) is 20.2. The van der Waals surface area contributed by atoms with Crippen molar-refractivity contribution in [2.24, 2.45) is 0 Å². The molecule has 16 heteroatoms. The maximum absolute atomic E-state index is 13.0. The van der Waals surface area contributed by atoms with Gasteiger partial charge in [0.1, 0.15) is 5.60 Å². The monoisotopic (exact) mass is 1200 g/mol. The summed E-state index contributed by atoms with van der Waals surface area (Å²) in [4.78, 5) is 48.0. The number of likely N-dealkylation sites (N-methyl/N-ethyl adjacent to an activating group) is 2. The Hall–Kier alpha value is -8.34. The molecule has 0 aliphatic carbocycles. The van der Waals surface area contributed by atoms with E-state index in [2.05, 4.69) is 99.4 Å². The first-order chi connectivity index (χ1) is 42.4. The Morgan fingerprint density at radius 2 is 1.11 bits per heavy atom. The smallest absolute Gasteiger partial charge is 0.336 e. The molecular weight excluding hydrogens is 1110 g/mol. The summed E-state index contributed by atoms with van der Waals surface area (Å²) >= 11 is 0. The molecule has 3 N–H and O–H groups in total. The van der Waals surface area contributed by atoms with Gasteiger partial charge in [0.25, 0.3) is 0 Å². The number of anilines is 2. The number of carbonyl (C=O) groups excluding carboxylic acids is 3. The number of aromatic nitrogens is 1. The number of piperidine rings is 2. The van der Waals surface area contributed by atoms with Gasteiger partial charge in [-0.15, -0.1) is 0 Å². The van der Waals surface area contributed by atoms with E-state index in [1.165, 1.54) is 41.4 Å². The quantitative estimate of drug-likeness (QED) is 0.0447. The van der Waals surface area contributed by atoms with Crippen molar-refractivity contribution in [3.8, 4) is 23.0 Å². The fourth-order valence-corrected chi connectivity index (χ4v) is 13.7. The van der Waals surface area contributed by atoms with Crippen LogP contribution in [-0.2, 0) is 45.8 Å². The molecule has 4 bridgehead atoms. The van der Waals surface area contributed by atoms with Gasteiger partial charge < -0.3 is 49.1 Å². The second kappa shape index (κ2) is 27.8. The number of pyridine rings is 1. The second-order valence-electron chi connectivity index (χ2n) is 23.6. The molecule has 1 aromatic heterocycles. The summed E-state index contributed by atoms with van der Waals surface area (Å²) in [6, 6.07) is 37.5. The van der Waals surface area contributed by atoms with Crippen molar-refractivity contribution in [3.63, 3.8) is 0 Å². The van der Waals surface area contributed by atoms with Gasteiger partial charge in [-0.2, -0.15) is 0 Å². The lowest BCUT2D eigenvalue weighted by molar-refractivity contribution is -0.148. The number of likely N-dealkylation sites (tertiary alicyclic amines) is 2. The molecule has 2 saturated heterocycles. The highest BCUT2D eigenvalue weighted by atomic mass is 16.6. The van der Waals surface area contributed by atoms with Crippen molar-refractivity contribution in [2.45, 2.75) is 130 Å². The van der Waals surface area contributed by atoms with E-state index in [1.807, 2.05) is 88.5 Å². The number of benzene rings is 5. The van der Waals surface area contributed by atoms with Crippen LogP contribution in [0.2, 0.25) is 0 Å². The predicted octanol–water partition coefficient (Wildman–Crippen LogP) is 12.9. The topological polar surface area (TPSA) is 171 Å². The largest absolute Gasteiger partial charge is 0.490 e. The van der Waals surface area contributed by atoms with Gasteiger partial charge in [0.05, 0.1) is 74.7 Å². The summed E-state index contributed by atoms with van der Waals surface area (Å²) in [7, 11) is 4.59. The van der Waals surface area contributed by atoms with Crippen molar-refractivity contribution < 1.29 is 47.5 Å². The van der Waals surface area contributed by atoms with E-state index in [0.29, 0.717) is 78.8 Å². The molecule has 0 radical (unpaired) electrons. The average molecular weight is 1200 g/mol. The number of rotatable bonds is 17. The molecule has 0 saturated carbocycles. The van der Waals surface area contributed by atoms with Crippen LogP contribution in [0.25, 0.3) is 16.8 Å². The number of hydrogen-bond donors (Lipinski definition) is 3. The highest BCUT2D eigenvalue weighted by Crippen LogP contribution is 2.66. The molecular formula is C72H88N6O10. The molecule has 88 heavy (non-hydrogen) atoms. The Balaban J connectivity index is 0.000000158. The molecule has 5 aliphatic heterocycles. The fraction of sp³-hybridized carbons (Fsp3) is 0.417. The van der Waals surface area contributed by atoms with Crippen LogP contribution in [0.5, 0.6) is 23.0 Å². The van der Waals surface area contributed by atoms with E-state index >= 15 is 0 Å². The summed E-state index contributed by atoms with van der Waals surface area (Å²) in [5, 5.41) is 13.2. The fourth-order valence-electron chi connectivity index (χ4n) is 13.7. The first-order valence-electron chi connectivity index (χ1n) is 31.1. The Morgan fingerprint density at radius 1 is 0.614 bits per heavy atom. The summed E-state index contributed by atoms with van der Waals surface area (Å²) in [5.74, 6) is 0.780. The highest BCUT2D eigenvalue weighted by Gasteiger charge is 2.71. The molecule has 5 aromatic carbocycles. The molecule has 0 amide bonds. The average Bonchev–Trinajstić information content (AvgIpc) is 0.671. The SMILES string of the molecule is CCOC(=O)C1=C(C)NC(C)=C(C(=O)OCC)C1c1ccccc1/C=C/C(=O)OC(C)(C)C.CCOc1ccc(Cc2nccc3cc(OCC)c(OCC)cc23)cc1OCC.CN1CC[C@]23c4ccccc4N[C@H]1[C@]21CCN(C)[C@H]3Nc2ccccc21. The van der Waals surface area contributed by atoms with Crippen molar-refractivity contribution in [1.29, 1.82) is 0 Å². The summed E-state index contributed by atoms with van der Waals surface area (Å²) in [5.41, 5.74) is 10.5. The Kier molecular flexibility index (Phi) is 20.3. The summed E-state index contributed by atoms with van der Waals surface area (Å²) in [6.07, 6.45) is 8.55. The lowest BCUT2D eigenvalue weighted by Crippen LogP contribution is -2.80. The Labute approximate surface area is 519 Å². The number of fused-ring (bicyclic) bond motifs is 3. The van der Waals surface area contributed by atoms with E-state index in [1.54, 1.807) is 54.5 Å². The third-order valence-corrected chi connectivity index (χ3v) is 17.1. The third kappa shape index (κ3) is 12.8. The van der Waals surface area contributed by atoms with Crippen molar-refractivity contribution in [2.75, 3.05) is 77.5 Å². The zero-order chi connectivity index (χ0) is 62.9. The van der Waals surface area contributed by atoms with Gasteiger partial charge in [0, 0.05) is 70.8 Å². The zero-order valence-corrected chi connectivity index (χ0v) is 53.6. The number of para-hydroxylation sites is 2. The molecule has 16 nitrogen and oxygen atoms in total. The number of esters is 3. The maximum Gasteiger partial charge on any atom is 0.336 e. The minimum atomic E-state index is -0.733. The Morgan fingerprint density at radius 3 is 1.65 bits per heavy atom. The molecule has 4 atom stereocenters. The molecule has 5 aliphatic rings. The first-order valence-corrected chi connectivity index (χ1v) is 31.1. The predicted molar refractivity (Wildman–Crippen MR) is 347 cm³/mol. The summed E-state index contributed by atoms with van der Waals surface area (Å²) < 4.78 is 39.0.